The molecule has 35 heavy (non-hydrogen) atoms. The van der Waals surface area contributed by atoms with Crippen molar-refractivity contribution in [2.24, 2.45) is 0 Å². The predicted molar refractivity (Wildman–Crippen MR) is 132 cm³/mol. The summed E-state index contributed by atoms with van der Waals surface area (Å²) < 4.78 is 13.1. The van der Waals surface area contributed by atoms with E-state index in [0.29, 0.717) is 24.5 Å². The van der Waals surface area contributed by atoms with Gasteiger partial charge in [0.05, 0.1) is 30.3 Å². The van der Waals surface area contributed by atoms with Gasteiger partial charge in [-0.2, -0.15) is 0 Å². The second kappa shape index (κ2) is 11.0. The van der Waals surface area contributed by atoms with E-state index in [9.17, 15) is 14.3 Å². The Kier molecular flexibility index (Phi) is 7.66. The lowest BCUT2D eigenvalue weighted by atomic mass is 10.1. The first-order chi connectivity index (χ1) is 17.0. The normalized spacial score (nSPS) is 15.7. The van der Waals surface area contributed by atoms with Gasteiger partial charge in [0.15, 0.2) is 5.82 Å². The molecule has 0 unspecified atom stereocenters. The van der Waals surface area contributed by atoms with Crippen LogP contribution in [0.4, 0.5) is 27.7 Å². The zero-order valence-corrected chi connectivity index (χ0v) is 19.8. The fourth-order valence-electron chi connectivity index (χ4n) is 3.81. The highest BCUT2D eigenvalue weighted by molar-refractivity contribution is 6.03. The van der Waals surface area contributed by atoms with Crippen LogP contribution < -0.4 is 20.0 Å². The van der Waals surface area contributed by atoms with Crippen molar-refractivity contribution in [3.05, 3.63) is 60.4 Å². The van der Waals surface area contributed by atoms with Crippen LogP contribution in [0, 0.1) is 5.82 Å². The number of hydrogen-bond donors (Lipinski definition) is 2. The van der Waals surface area contributed by atoms with Crippen LogP contribution >= 0.6 is 0 Å². The van der Waals surface area contributed by atoms with Crippen LogP contribution in [0.2, 0.25) is 0 Å². The van der Waals surface area contributed by atoms with E-state index in [4.69, 9.17) is 0 Å². The monoisotopic (exact) mass is 480 g/mol. The highest BCUT2D eigenvalue weighted by atomic mass is 19.1. The van der Waals surface area contributed by atoms with Gasteiger partial charge in [-0.3, -0.25) is 4.79 Å². The molecule has 0 bridgehead atoms. The molecule has 2 N–H and O–H groups in total. The summed E-state index contributed by atoms with van der Waals surface area (Å²) in [5.74, 6) is 1.90. The van der Waals surface area contributed by atoms with Crippen LogP contribution in [0.25, 0.3) is 0 Å². The molecule has 0 aliphatic carbocycles. The van der Waals surface area contributed by atoms with Crippen molar-refractivity contribution >= 4 is 29.2 Å². The second-order valence-electron chi connectivity index (χ2n) is 7.99. The van der Waals surface area contributed by atoms with Crippen LogP contribution in [-0.2, 0) is 0 Å². The van der Waals surface area contributed by atoms with E-state index in [1.807, 2.05) is 18.7 Å². The Bertz CT molecular complexity index is 1100. The summed E-state index contributed by atoms with van der Waals surface area (Å²) in [5.41, 5.74) is 0.413. The summed E-state index contributed by atoms with van der Waals surface area (Å²) in [6.07, 6.45) is 5.59. The third-order valence-electron chi connectivity index (χ3n) is 5.72. The minimum absolute atomic E-state index is 0.313. The van der Waals surface area contributed by atoms with Crippen molar-refractivity contribution in [2.45, 2.75) is 20.0 Å². The number of aliphatic hydroxyl groups excluding tert-OH is 1. The van der Waals surface area contributed by atoms with Gasteiger partial charge in [-0.1, -0.05) is 13.8 Å². The highest BCUT2D eigenvalue weighted by Crippen LogP contribution is 2.20. The summed E-state index contributed by atoms with van der Waals surface area (Å²) >= 11 is 0. The molecule has 1 amide bonds. The molecule has 0 saturated carbocycles. The van der Waals surface area contributed by atoms with E-state index in [-0.39, 0.29) is 17.8 Å². The Hall–Kier alpha value is -3.86. The van der Waals surface area contributed by atoms with Crippen LogP contribution in [0.5, 0.6) is 0 Å². The molecule has 0 spiro atoms. The van der Waals surface area contributed by atoms with Crippen molar-refractivity contribution in [1.82, 2.24) is 19.9 Å². The molecule has 0 atom stereocenters. The largest absolute Gasteiger partial charge is 0.389 e. The number of carbonyl (C=O) groups is 1. The summed E-state index contributed by atoms with van der Waals surface area (Å²) in [6.45, 7) is 8.03. The first-order valence-electron chi connectivity index (χ1n) is 11.7. The average Bonchev–Trinajstić information content (AvgIpc) is 2.89. The van der Waals surface area contributed by atoms with E-state index >= 15 is 0 Å². The fourth-order valence-corrected chi connectivity index (χ4v) is 3.81. The van der Waals surface area contributed by atoms with Gasteiger partial charge in [0, 0.05) is 45.5 Å². The SMILES string of the molecule is CC.O=C(Nc1cnc(N2CCN(c3ccc(F)cn3)CC2)cn1)c1ccc(N2CC(O)C2)nc1. The third-order valence-corrected chi connectivity index (χ3v) is 5.72. The number of nitrogens with zero attached hydrogens (tertiary/aromatic N) is 7. The van der Waals surface area contributed by atoms with E-state index in [2.05, 4.69) is 35.1 Å². The van der Waals surface area contributed by atoms with Gasteiger partial charge in [-0.15, -0.1) is 0 Å². The number of amides is 1. The molecule has 0 aromatic carbocycles. The summed E-state index contributed by atoms with van der Waals surface area (Å²) in [6, 6.07) is 6.55. The van der Waals surface area contributed by atoms with Crippen molar-refractivity contribution < 1.29 is 14.3 Å². The fraction of sp³-hybridized carbons (Fsp3) is 0.375. The molecule has 2 aliphatic heterocycles. The van der Waals surface area contributed by atoms with Gasteiger partial charge in [0.25, 0.3) is 5.91 Å². The van der Waals surface area contributed by atoms with Crippen molar-refractivity contribution in [3.63, 3.8) is 0 Å². The molecular formula is C24H29FN8O2. The number of hydrogen-bond acceptors (Lipinski definition) is 9. The lowest BCUT2D eigenvalue weighted by molar-refractivity contribution is 0.102. The van der Waals surface area contributed by atoms with Crippen molar-refractivity contribution in [1.29, 1.82) is 0 Å². The molecule has 2 aliphatic rings. The standard InChI is InChI=1S/C22H23FN8O2.C2H6/c23-16-2-4-19(26-10-16)29-5-7-30(8-6-29)21-12-24-18(11-27-21)28-22(33)15-1-3-20(25-9-15)31-13-17(32)14-31;1-2/h1-4,9-12,17,32H,5-8,13-14H2,(H,24,28,33);1-2H3. The number of pyridine rings is 2. The van der Waals surface area contributed by atoms with Gasteiger partial charge in [-0.25, -0.2) is 24.3 Å². The molecule has 5 rings (SSSR count). The zero-order chi connectivity index (χ0) is 24.8. The Balaban J connectivity index is 0.00000141. The number of rotatable bonds is 5. The molecule has 3 aromatic heterocycles. The predicted octanol–water partition coefficient (Wildman–Crippen LogP) is 2.19. The number of piperazine rings is 1. The molecule has 184 valence electrons. The number of aromatic nitrogens is 4. The summed E-state index contributed by atoms with van der Waals surface area (Å²) in [5, 5.41) is 12.1. The molecule has 10 nitrogen and oxygen atoms in total. The molecule has 2 fully saturated rings. The van der Waals surface area contributed by atoms with E-state index in [0.717, 1.165) is 43.6 Å². The molecule has 3 aromatic rings. The maximum atomic E-state index is 13.1. The van der Waals surface area contributed by atoms with E-state index in [1.165, 1.54) is 24.7 Å². The number of β-amino-alcohol motifs (C(OH)–C–C–N with tert-alkyl or cyclic N) is 1. The molecule has 11 heteroatoms. The topological polar surface area (TPSA) is 111 Å². The van der Waals surface area contributed by atoms with Crippen LogP contribution in [0.3, 0.4) is 0 Å². The Morgan fingerprint density at radius 1 is 0.829 bits per heavy atom. The number of nitrogens with one attached hydrogen (secondary N) is 1. The smallest absolute Gasteiger partial charge is 0.258 e. The lowest BCUT2D eigenvalue weighted by Crippen LogP contribution is -2.51. The Labute approximate surface area is 203 Å². The Morgan fingerprint density at radius 3 is 1.97 bits per heavy atom. The van der Waals surface area contributed by atoms with Gasteiger partial charge in [0.1, 0.15) is 23.3 Å². The average molecular weight is 481 g/mol. The number of aliphatic hydroxyl groups is 1. The van der Waals surface area contributed by atoms with Gasteiger partial charge in [0.2, 0.25) is 0 Å². The second-order valence-corrected chi connectivity index (χ2v) is 7.99. The lowest BCUT2D eigenvalue weighted by Gasteiger charge is -2.36. The molecule has 5 heterocycles. The van der Waals surface area contributed by atoms with E-state index < -0.39 is 0 Å². The maximum Gasteiger partial charge on any atom is 0.258 e. The van der Waals surface area contributed by atoms with Crippen LogP contribution in [-0.4, -0.2) is 76.3 Å². The first kappa shape index (κ1) is 24.3. The van der Waals surface area contributed by atoms with E-state index in [1.54, 1.807) is 24.4 Å². The summed E-state index contributed by atoms with van der Waals surface area (Å²) in [7, 11) is 0. The Morgan fingerprint density at radius 2 is 1.43 bits per heavy atom. The molecule has 0 radical (unpaired) electrons. The van der Waals surface area contributed by atoms with Gasteiger partial charge in [-0.05, 0) is 24.3 Å². The first-order valence-corrected chi connectivity index (χ1v) is 11.7. The van der Waals surface area contributed by atoms with Crippen LogP contribution in [0.1, 0.15) is 24.2 Å². The minimum atomic E-state index is -0.347. The zero-order valence-electron chi connectivity index (χ0n) is 19.8. The molecular weight excluding hydrogens is 451 g/mol. The van der Waals surface area contributed by atoms with Crippen molar-refractivity contribution in [2.75, 3.05) is 59.3 Å². The number of carbonyl (C=O) groups excluding carboxylic acids is 1. The minimum Gasteiger partial charge on any atom is -0.389 e. The van der Waals surface area contributed by atoms with Crippen LogP contribution in [0.15, 0.2) is 49.1 Å². The number of anilines is 4. The highest BCUT2D eigenvalue weighted by Gasteiger charge is 2.25. The third kappa shape index (κ3) is 5.80. The quantitative estimate of drug-likeness (QED) is 0.568. The van der Waals surface area contributed by atoms with Gasteiger partial charge >= 0.3 is 0 Å². The summed E-state index contributed by atoms with van der Waals surface area (Å²) in [4.78, 5) is 35.8. The van der Waals surface area contributed by atoms with Crippen molar-refractivity contribution in [3.8, 4) is 0 Å². The maximum absolute atomic E-state index is 13.1. The number of halogens is 1. The van der Waals surface area contributed by atoms with Gasteiger partial charge < -0.3 is 25.1 Å². The molecule has 2 saturated heterocycles.